The number of pyridine rings is 1. The van der Waals surface area contributed by atoms with E-state index in [2.05, 4.69) is 35.1 Å². The number of aromatic nitrogens is 8. The Kier molecular flexibility index (Phi) is 5.35. The quantitative estimate of drug-likeness (QED) is 0.340. The van der Waals surface area contributed by atoms with E-state index in [-0.39, 0.29) is 35.2 Å². The van der Waals surface area contributed by atoms with E-state index in [1.165, 1.54) is 33.9 Å². The van der Waals surface area contributed by atoms with Gasteiger partial charge in [-0.1, -0.05) is 0 Å². The average molecular weight is 517 g/mol. The van der Waals surface area contributed by atoms with Crippen LogP contribution >= 0.6 is 0 Å². The number of carbonyl (C=O) groups excluding carboxylic acids is 1. The number of fused-ring (bicyclic) bond motifs is 2. The lowest BCUT2D eigenvalue weighted by molar-refractivity contribution is -0.0490. The molecular formula is C21H15F4N9O3. The van der Waals surface area contributed by atoms with Crippen LogP contribution in [0.15, 0.2) is 47.5 Å². The zero-order chi connectivity index (χ0) is 25.7. The van der Waals surface area contributed by atoms with Gasteiger partial charge in [-0.3, -0.25) is 4.79 Å². The van der Waals surface area contributed by atoms with Crippen molar-refractivity contribution in [1.29, 1.82) is 0 Å². The molecule has 1 N–H and O–H groups in total. The summed E-state index contributed by atoms with van der Waals surface area (Å²) < 4.78 is 63.4. The molecule has 6 heterocycles. The Morgan fingerprint density at radius 3 is 2.89 bits per heavy atom. The molecule has 0 aliphatic carbocycles. The number of nitrogens with zero attached hydrogens (tertiary/aromatic N) is 8. The van der Waals surface area contributed by atoms with Crippen molar-refractivity contribution in [3.8, 4) is 17.2 Å². The molecule has 16 heteroatoms. The van der Waals surface area contributed by atoms with Gasteiger partial charge in [0, 0.05) is 31.1 Å². The summed E-state index contributed by atoms with van der Waals surface area (Å²) in [6.07, 6.45) is 5.61. The van der Waals surface area contributed by atoms with Gasteiger partial charge in [-0.15, -0.1) is 10.2 Å². The van der Waals surface area contributed by atoms with Crippen molar-refractivity contribution in [2.24, 2.45) is 0 Å². The Balaban J connectivity index is 1.37. The largest absolute Gasteiger partial charge is 0.433 e. The highest BCUT2D eigenvalue weighted by Crippen LogP contribution is 2.35. The van der Waals surface area contributed by atoms with Crippen LogP contribution in [0.2, 0.25) is 0 Å². The number of alkyl halides is 4. The van der Waals surface area contributed by atoms with Crippen LogP contribution in [0.25, 0.3) is 17.0 Å². The zero-order valence-corrected chi connectivity index (χ0v) is 18.5. The lowest BCUT2D eigenvalue weighted by atomic mass is 9.99. The molecule has 1 atom stereocenters. The Morgan fingerprint density at radius 1 is 1.24 bits per heavy atom. The average Bonchev–Trinajstić information content (AvgIpc) is 3.67. The number of carbonyl (C=O) groups is 1. The second-order valence-corrected chi connectivity index (χ2v) is 7.97. The fraction of sp³-hybridized carbons (Fsp3) is 0.238. The molecule has 0 fully saturated rings. The minimum atomic E-state index is -3.03. The Bertz CT molecular complexity index is 1590. The highest BCUT2D eigenvalue weighted by Gasteiger charge is 2.38. The number of nitrogens with one attached hydrogen (secondary N) is 1. The first-order valence-corrected chi connectivity index (χ1v) is 10.8. The number of rotatable bonds is 6. The van der Waals surface area contributed by atoms with Gasteiger partial charge in [0.25, 0.3) is 5.89 Å². The second-order valence-electron chi connectivity index (χ2n) is 7.97. The molecule has 5 aromatic heterocycles. The van der Waals surface area contributed by atoms with Gasteiger partial charge in [0.05, 0.1) is 29.5 Å². The highest BCUT2D eigenvalue weighted by molar-refractivity contribution is 5.90. The summed E-state index contributed by atoms with van der Waals surface area (Å²) in [7, 11) is 0. The summed E-state index contributed by atoms with van der Waals surface area (Å²) in [5.41, 5.74) is 2.01. The van der Waals surface area contributed by atoms with Crippen LogP contribution in [-0.4, -0.2) is 63.5 Å². The van der Waals surface area contributed by atoms with Gasteiger partial charge in [0.1, 0.15) is 11.6 Å². The second kappa shape index (κ2) is 8.72. The molecule has 190 valence electrons. The van der Waals surface area contributed by atoms with Crippen LogP contribution in [0.5, 0.6) is 5.75 Å². The lowest BCUT2D eigenvalue weighted by Gasteiger charge is -2.32. The molecular weight excluding hydrogens is 502 g/mol. The van der Waals surface area contributed by atoms with E-state index in [9.17, 15) is 22.4 Å². The van der Waals surface area contributed by atoms with Gasteiger partial charge in [-0.25, -0.2) is 14.2 Å². The Hall–Kier alpha value is -4.76. The van der Waals surface area contributed by atoms with Gasteiger partial charge >= 0.3 is 25.0 Å². The summed E-state index contributed by atoms with van der Waals surface area (Å²) in [6, 6.07) is 3.59. The first kappa shape index (κ1) is 22.7. The fourth-order valence-electron chi connectivity index (χ4n) is 4.24. The molecule has 0 radical (unpaired) electrons. The molecule has 12 nitrogen and oxygen atoms in total. The number of ether oxygens (including phenoxy) is 1. The lowest BCUT2D eigenvalue weighted by Crippen LogP contribution is -2.41. The third kappa shape index (κ3) is 3.95. The molecule has 1 aliphatic rings. The van der Waals surface area contributed by atoms with Crippen molar-refractivity contribution < 1.29 is 31.5 Å². The maximum atomic E-state index is 13.5. The monoisotopic (exact) mass is 517 g/mol. The molecule has 0 saturated heterocycles. The number of aromatic amines is 1. The Morgan fingerprint density at radius 2 is 2.11 bits per heavy atom. The molecule has 5 aromatic rings. The maximum Gasteiger partial charge on any atom is 0.387 e. The molecule has 6 rings (SSSR count). The Labute approximate surface area is 203 Å². The third-order valence-corrected chi connectivity index (χ3v) is 5.82. The third-order valence-electron chi connectivity index (χ3n) is 5.82. The van der Waals surface area contributed by atoms with Crippen molar-refractivity contribution in [1.82, 2.24) is 44.5 Å². The minimum Gasteiger partial charge on any atom is -0.433 e. The number of hydrogen-bond donors (Lipinski definition) is 1. The van der Waals surface area contributed by atoms with Crippen molar-refractivity contribution in [3.05, 3.63) is 66.1 Å². The highest BCUT2D eigenvalue weighted by atomic mass is 19.3. The van der Waals surface area contributed by atoms with Crippen LogP contribution in [-0.2, 0) is 6.42 Å². The first-order chi connectivity index (χ1) is 17.9. The predicted octanol–water partition coefficient (Wildman–Crippen LogP) is 3.09. The molecule has 0 saturated carbocycles. The molecule has 1 amide bonds. The van der Waals surface area contributed by atoms with Gasteiger partial charge in [-0.2, -0.15) is 27.8 Å². The molecule has 0 aromatic carbocycles. The smallest absolute Gasteiger partial charge is 0.387 e. The summed E-state index contributed by atoms with van der Waals surface area (Å²) in [5, 5.41) is 15.6. The number of imidazole rings is 1. The zero-order valence-electron chi connectivity index (χ0n) is 18.5. The van der Waals surface area contributed by atoms with E-state index in [1.54, 1.807) is 6.20 Å². The SMILES string of the molecule is O=C(c1nnc(-c2cnn(C(F)F)c2)o1)N1CCc2[nH]cnc2[C@H]1c1cc2c(OC(F)F)cccn2n1. The van der Waals surface area contributed by atoms with Crippen LogP contribution < -0.4 is 4.74 Å². The molecule has 1 aliphatic heterocycles. The van der Waals surface area contributed by atoms with Gasteiger partial charge in [0.15, 0.2) is 5.75 Å². The summed E-state index contributed by atoms with van der Waals surface area (Å²) in [4.78, 5) is 22.3. The minimum absolute atomic E-state index is 0.0851. The van der Waals surface area contributed by atoms with E-state index < -0.39 is 25.1 Å². The number of hydrogen-bond acceptors (Lipinski definition) is 8. The van der Waals surface area contributed by atoms with Gasteiger partial charge in [0.2, 0.25) is 0 Å². The fourth-order valence-corrected chi connectivity index (χ4v) is 4.24. The molecule has 37 heavy (non-hydrogen) atoms. The van der Waals surface area contributed by atoms with Gasteiger partial charge < -0.3 is 19.0 Å². The van der Waals surface area contributed by atoms with Crippen LogP contribution in [0.1, 0.15) is 40.4 Å². The van der Waals surface area contributed by atoms with Crippen molar-refractivity contribution in [2.75, 3.05) is 6.54 Å². The van der Waals surface area contributed by atoms with E-state index in [4.69, 9.17) is 4.42 Å². The summed E-state index contributed by atoms with van der Waals surface area (Å²) in [5.74, 6) is -1.28. The van der Waals surface area contributed by atoms with E-state index in [0.29, 0.717) is 22.5 Å². The van der Waals surface area contributed by atoms with Crippen molar-refractivity contribution in [3.63, 3.8) is 0 Å². The van der Waals surface area contributed by atoms with Crippen molar-refractivity contribution >= 4 is 11.4 Å². The maximum absolute atomic E-state index is 13.5. The molecule has 0 spiro atoms. The summed E-state index contributed by atoms with van der Waals surface area (Å²) in [6.45, 7) is -5.67. The first-order valence-electron chi connectivity index (χ1n) is 10.8. The normalized spacial score (nSPS) is 15.6. The van der Waals surface area contributed by atoms with E-state index >= 15 is 0 Å². The summed E-state index contributed by atoms with van der Waals surface area (Å²) >= 11 is 0. The van der Waals surface area contributed by atoms with E-state index in [1.807, 2.05) is 0 Å². The van der Waals surface area contributed by atoms with Crippen LogP contribution in [0, 0.1) is 0 Å². The topological polar surface area (TPSA) is 132 Å². The number of H-pyrrole nitrogens is 1. The predicted molar refractivity (Wildman–Crippen MR) is 114 cm³/mol. The number of halogens is 4. The van der Waals surface area contributed by atoms with Crippen LogP contribution in [0.3, 0.4) is 0 Å². The standard InChI is InChI=1S/C21H15F4N9O3/c22-20(23)34-8-10(7-28-34)17-29-30-18(37-17)19(35)32-5-3-11-15(27-9-26-11)16(32)12-6-13-14(36-21(24)25)2-1-4-33(13)31-12/h1-2,4,6-9,16,20-21H,3,5H2,(H,26,27)/t16-/m1/s1. The van der Waals surface area contributed by atoms with Crippen LogP contribution in [0.4, 0.5) is 17.6 Å². The molecule has 0 unspecified atom stereocenters. The van der Waals surface area contributed by atoms with E-state index in [0.717, 1.165) is 18.1 Å². The molecule has 0 bridgehead atoms. The number of amides is 1. The van der Waals surface area contributed by atoms with Gasteiger partial charge in [-0.05, 0) is 18.2 Å². The van der Waals surface area contributed by atoms with Crippen molar-refractivity contribution in [2.45, 2.75) is 25.6 Å².